The van der Waals surface area contributed by atoms with Gasteiger partial charge in [-0.1, -0.05) is 30.3 Å². The second kappa shape index (κ2) is 11.2. The van der Waals surface area contributed by atoms with Gasteiger partial charge in [0.05, 0.1) is 19.4 Å². The van der Waals surface area contributed by atoms with E-state index in [1.807, 2.05) is 36.4 Å². The number of hydrogen-bond acceptors (Lipinski definition) is 4. The van der Waals surface area contributed by atoms with Gasteiger partial charge in [-0.15, -0.1) is 0 Å². The van der Waals surface area contributed by atoms with Gasteiger partial charge in [0.25, 0.3) is 5.91 Å². The molecule has 1 aliphatic heterocycles. The third kappa shape index (κ3) is 6.38. The third-order valence-corrected chi connectivity index (χ3v) is 5.61. The number of aliphatic imine (C=N–C) groups is 1. The fraction of sp³-hybridized carbons (Fsp3) is 0.308. The molecule has 33 heavy (non-hydrogen) atoms. The molecule has 172 valence electrons. The average Bonchev–Trinajstić information content (AvgIpc) is 3.54. The number of furan rings is 1. The highest BCUT2D eigenvalue weighted by molar-refractivity contribution is 5.94. The fourth-order valence-corrected chi connectivity index (χ4v) is 3.93. The summed E-state index contributed by atoms with van der Waals surface area (Å²) in [7, 11) is 0. The van der Waals surface area contributed by atoms with Crippen molar-refractivity contribution >= 4 is 17.6 Å². The number of benzene rings is 2. The molecule has 1 amide bonds. The molecule has 0 aliphatic carbocycles. The summed E-state index contributed by atoms with van der Waals surface area (Å²) >= 11 is 0. The largest absolute Gasteiger partial charge is 0.467 e. The lowest BCUT2D eigenvalue weighted by Crippen LogP contribution is -2.44. The Morgan fingerprint density at radius 1 is 1.09 bits per heavy atom. The van der Waals surface area contributed by atoms with Crippen molar-refractivity contribution in [3.63, 3.8) is 0 Å². The van der Waals surface area contributed by atoms with Crippen molar-refractivity contribution in [2.24, 2.45) is 4.99 Å². The van der Waals surface area contributed by atoms with Gasteiger partial charge in [0.2, 0.25) is 0 Å². The zero-order valence-corrected chi connectivity index (χ0v) is 19.0. The third-order valence-electron chi connectivity index (χ3n) is 5.61. The Labute approximate surface area is 194 Å². The summed E-state index contributed by atoms with van der Waals surface area (Å²) in [6.45, 7) is 5.67. The van der Waals surface area contributed by atoms with Crippen LogP contribution < -0.4 is 20.9 Å². The maximum atomic E-state index is 12.5. The molecule has 1 aliphatic rings. The van der Waals surface area contributed by atoms with E-state index in [9.17, 15) is 4.79 Å². The summed E-state index contributed by atoms with van der Waals surface area (Å²) < 4.78 is 5.27. The van der Waals surface area contributed by atoms with Crippen molar-refractivity contribution < 1.29 is 9.21 Å². The Balaban J connectivity index is 1.33. The first kappa shape index (κ1) is 22.5. The van der Waals surface area contributed by atoms with Gasteiger partial charge >= 0.3 is 0 Å². The average molecular weight is 446 g/mol. The van der Waals surface area contributed by atoms with E-state index in [-0.39, 0.29) is 5.91 Å². The number of guanidine groups is 1. The van der Waals surface area contributed by atoms with E-state index >= 15 is 0 Å². The SMILES string of the molecule is CCNC(=NCc1cccc(C(=O)NCc2ccco2)c1)NC1CCN(c2ccccc2)C1. The normalized spacial score (nSPS) is 16.0. The molecule has 0 spiro atoms. The predicted octanol–water partition coefficient (Wildman–Crippen LogP) is 3.54. The quantitative estimate of drug-likeness (QED) is 0.365. The standard InChI is InChI=1S/C26H31N5O2/c1-2-27-26(30-22-13-14-31(19-22)23-10-4-3-5-11-23)29-17-20-8-6-9-21(16-20)25(32)28-18-24-12-7-15-33-24/h3-12,15-16,22H,2,13-14,17-19H2,1H3,(H,28,32)(H2,27,29,30). The topological polar surface area (TPSA) is 81.9 Å². The van der Waals surface area contributed by atoms with E-state index in [1.165, 1.54) is 5.69 Å². The molecular formula is C26H31N5O2. The van der Waals surface area contributed by atoms with Crippen LogP contribution in [0.1, 0.15) is 35.0 Å². The van der Waals surface area contributed by atoms with E-state index < -0.39 is 0 Å². The molecule has 3 aromatic rings. The molecule has 7 nitrogen and oxygen atoms in total. The highest BCUT2D eigenvalue weighted by Crippen LogP contribution is 2.19. The molecule has 7 heteroatoms. The van der Waals surface area contributed by atoms with Crippen LogP contribution in [0, 0.1) is 0 Å². The van der Waals surface area contributed by atoms with Crippen molar-refractivity contribution in [2.75, 3.05) is 24.5 Å². The van der Waals surface area contributed by atoms with Gasteiger partial charge in [-0.05, 0) is 55.3 Å². The molecule has 1 aromatic heterocycles. The first-order chi connectivity index (χ1) is 16.2. The Morgan fingerprint density at radius 3 is 2.76 bits per heavy atom. The molecule has 1 unspecified atom stereocenters. The zero-order chi connectivity index (χ0) is 22.9. The van der Waals surface area contributed by atoms with Crippen LogP contribution in [-0.4, -0.2) is 37.5 Å². The zero-order valence-electron chi connectivity index (χ0n) is 19.0. The highest BCUT2D eigenvalue weighted by Gasteiger charge is 2.23. The summed E-state index contributed by atoms with van der Waals surface area (Å²) in [5.74, 6) is 1.39. The van der Waals surface area contributed by atoms with Gasteiger partial charge in [-0.3, -0.25) is 4.79 Å². The summed E-state index contributed by atoms with van der Waals surface area (Å²) in [5.41, 5.74) is 2.85. The maximum absolute atomic E-state index is 12.5. The Bertz CT molecular complexity index is 1050. The Hall–Kier alpha value is -3.74. The molecular weight excluding hydrogens is 414 g/mol. The minimum Gasteiger partial charge on any atom is -0.467 e. The number of hydrogen-bond donors (Lipinski definition) is 3. The lowest BCUT2D eigenvalue weighted by Gasteiger charge is -2.20. The van der Waals surface area contributed by atoms with Crippen LogP contribution in [0.15, 0.2) is 82.4 Å². The highest BCUT2D eigenvalue weighted by atomic mass is 16.3. The number of anilines is 1. The molecule has 0 bridgehead atoms. The second-order valence-corrected chi connectivity index (χ2v) is 8.07. The van der Waals surface area contributed by atoms with Crippen molar-refractivity contribution in [1.29, 1.82) is 0 Å². The minimum atomic E-state index is -0.130. The Kier molecular flexibility index (Phi) is 7.64. The number of amides is 1. The predicted molar refractivity (Wildman–Crippen MR) is 131 cm³/mol. The van der Waals surface area contributed by atoms with Crippen LogP contribution in [0.5, 0.6) is 0 Å². The van der Waals surface area contributed by atoms with Crippen molar-refractivity contribution in [3.05, 3.63) is 89.9 Å². The van der Waals surface area contributed by atoms with Crippen molar-refractivity contribution in [3.8, 4) is 0 Å². The monoisotopic (exact) mass is 445 g/mol. The van der Waals surface area contributed by atoms with E-state index in [1.54, 1.807) is 12.3 Å². The molecule has 1 saturated heterocycles. The first-order valence-corrected chi connectivity index (χ1v) is 11.5. The van der Waals surface area contributed by atoms with Gasteiger partial charge in [0, 0.05) is 36.9 Å². The van der Waals surface area contributed by atoms with Gasteiger partial charge in [0.1, 0.15) is 5.76 Å². The minimum absolute atomic E-state index is 0.130. The van der Waals surface area contributed by atoms with E-state index in [2.05, 4.69) is 52.0 Å². The molecule has 3 N–H and O–H groups in total. The number of carbonyl (C=O) groups is 1. The molecule has 1 fully saturated rings. The molecule has 2 aromatic carbocycles. The van der Waals surface area contributed by atoms with Crippen molar-refractivity contribution in [1.82, 2.24) is 16.0 Å². The van der Waals surface area contributed by atoms with Crippen LogP contribution in [-0.2, 0) is 13.1 Å². The summed E-state index contributed by atoms with van der Waals surface area (Å²) in [4.78, 5) is 19.6. The van der Waals surface area contributed by atoms with Crippen LogP contribution in [0.25, 0.3) is 0 Å². The summed E-state index contributed by atoms with van der Waals surface area (Å²) in [5, 5.41) is 9.79. The van der Waals surface area contributed by atoms with Crippen molar-refractivity contribution in [2.45, 2.75) is 32.5 Å². The van der Waals surface area contributed by atoms with E-state index in [0.717, 1.165) is 43.3 Å². The van der Waals surface area contributed by atoms with E-state index in [0.29, 0.717) is 24.7 Å². The molecule has 1 atom stereocenters. The number of nitrogens with zero attached hydrogens (tertiary/aromatic N) is 2. The van der Waals surface area contributed by atoms with Crippen LogP contribution >= 0.6 is 0 Å². The van der Waals surface area contributed by atoms with Gasteiger partial charge in [-0.2, -0.15) is 0 Å². The van der Waals surface area contributed by atoms with Crippen LogP contribution in [0.4, 0.5) is 5.69 Å². The first-order valence-electron chi connectivity index (χ1n) is 11.5. The van der Waals surface area contributed by atoms with Crippen LogP contribution in [0.3, 0.4) is 0 Å². The fourth-order valence-electron chi connectivity index (χ4n) is 3.93. The molecule has 0 radical (unpaired) electrons. The lowest BCUT2D eigenvalue weighted by molar-refractivity contribution is 0.0948. The lowest BCUT2D eigenvalue weighted by atomic mass is 10.1. The smallest absolute Gasteiger partial charge is 0.251 e. The number of carbonyl (C=O) groups excluding carboxylic acids is 1. The molecule has 4 rings (SSSR count). The van der Waals surface area contributed by atoms with Gasteiger partial charge in [0.15, 0.2) is 5.96 Å². The second-order valence-electron chi connectivity index (χ2n) is 8.07. The number of rotatable bonds is 8. The molecule has 2 heterocycles. The molecule has 0 saturated carbocycles. The van der Waals surface area contributed by atoms with Crippen LogP contribution in [0.2, 0.25) is 0 Å². The van der Waals surface area contributed by atoms with Gasteiger partial charge < -0.3 is 25.3 Å². The maximum Gasteiger partial charge on any atom is 0.251 e. The summed E-state index contributed by atoms with van der Waals surface area (Å²) in [6, 6.07) is 22.1. The number of nitrogens with one attached hydrogen (secondary N) is 3. The van der Waals surface area contributed by atoms with E-state index in [4.69, 9.17) is 9.41 Å². The Morgan fingerprint density at radius 2 is 1.97 bits per heavy atom. The number of para-hydroxylation sites is 1. The van der Waals surface area contributed by atoms with Gasteiger partial charge in [-0.25, -0.2) is 4.99 Å². The summed E-state index contributed by atoms with van der Waals surface area (Å²) in [6.07, 6.45) is 2.66.